The van der Waals surface area contributed by atoms with Crippen LogP contribution in [0.1, 0.15) is 34.8 Å². The summed E-state index contributed by atoms with van der Waals surface area (Å²) >= 11 is 0. The summed E-state index contributed by atoms with van der Waals surface area (Å²) in [7, 11) is 2.12. The number of rotatable bonds is 3. The van der Waals surface area contributed by atoms with Crippen LogP contribution in [0.2, 0.25) is 0 Å². The first-order chi connectivity index (χ1) is 12.0. The molecule has 1 amide bonds. The third-order valence-corrected chi connectivity index (χ3v) is 4.75. The number of nitrogens with one attached hydrogen (secondary N) is 1. The monoisotopic (exact) mass is 338 g/mol. The van der Waals surface area contributed by atoms with Crippen LogP contribution < -0.4 is 5.32 Å². The van der Waals surface area contributed by atoms with E-state index in [9.17, 15) is 9.18 Å². The summed E-state index contributed by atoms with van der Waals surface area (Å²) in [5, 5.41) is 2.78. The SMILES string of the molecule is CC1=C(c2ccc(NC(=O)c3c(C)cccc3F)cc2)CN(C)CC1. The van der Waals surface area contributed by atoms with E-state index >= 15 is 0 Å². The molecule has 0 radical (unpaired) electrons. The van der Waals surface area contributed by atoms with Gasteiger partial charge < -0.3 is 10.2 Å². The van der Waals surface area contributed by atoms with E-state index in [1.807, 2.05) is 24.3 Å². The molecule has 25 heavy (non-hydrogen) atoms. The number of hydrogen-bond donors (Lipinski definition) is 1. The molecular weight excluding hydrogens is 315 g/mol. The van der Waals surface area contributed by atoms with Gasteiger partial charge in [-0.2, -0.15) is 0 Å². The van der Waals surface area contributed by atoms with Gasteiger partial charge in [0.2, 0.25) is 0 Å². The summed E-state index contributed by atoms with van der Waals surface area (Å²) in [6.07, 6.45) is 1.08. The van der Waals surface area contributed by atoms with Gasteiger partial charge in [-0.3, -0.25) is 4.79 Å². The minimum atomic E-state index is -0.500. The van der Waals surface area contributed by atoms with Crippen LogP contribution in [0.4, 0.5) is 10.1 Å². The second kappa shape index (κ2) is 7.19. The number of aryl methyl sites for hydroxylation is 1. The predicted octanol–water partition coefficient (Wildman–Crippen LogP) is 4.50. The highest BCUT2D eigenvalue weighted by Crippen LogP contribution is 2.27. The van der Waals surface area contributed by atoms with Gasteiger partial charge in [-0.05, 0) is 62.2 Å². The van der Waals surface area contributed by atoms with Crippen LogP contribution in [0, 0.1) is 12.7 Å². The number of likely N-dealkylation sites (N-methyl/N-ethyl adjacent to an activating group) is 1. The number of carbonyl (C=O) groups excluding carboxylic acids is 1. The fourth-order valence-corrected chi connectivity index (χ4v) is 3.20. The minimum Gasteiger partial charge on any atom is -0.322 e. The molecule has 2 aromatic rings. The van der Waals surface area contributed by atoms with E-state index in [1.54, 1.807) is 19.1 Å². The Morgan fingerprint density at radius 1 is 1.12 bits per heavy atom. The Morgan fingerprint density at radius 2 is 1.84 bits per heavy atom. The number of hydrogen-bond acceptors (Lipinski definition) is 2. The lowest BCUT2D eigenvalue weighted by atomic mass is 9.95. The van der Waals surface area contributed by atoms with Crippen molar-refractivity contribution in [3.8, 4) is 0 Å². The third-order valence-electron chi connectivity index (χ3n) is 4.75. The third kappa shape index (κ3) is 3.80. The summed E-state index contributed by atoms with van der Waals surface area (Å²) in [5.74, 6) is -0.920. The van der Waals surface area contributed by atoms with E-state index in [4.69, 9.17) is 0 Å². The Balaban J connectivity index is 1.78. The lowest BCUT2D eigenvalue weighted by Gasteiger charge is -2.26. The van der Waals surface area contributed by atoms with Crippen LogP contribution in [0.3, 0.4) is 0 Å². The maximum atomic E-state index is 13.9. The average Bonchev–Trinajstić information content (AvgIpc) is 2.58. The number of benzene rings is 2. The van der Waals surface area contributed by atoms with Gasteiger partial charge >= 0.3 is 0 Å². The van der Waals surface area contributed by atoms with Crippen molar-refractivity contribution in [2.75, 3.05) is 25.5 Å². The number of nitrogens with zero attached hydrogens (tertiary/aromatic N) is 1. The molecule has 1 N–H and O–H groups in total. The van der Waals surface area contributed by atoms with Crippen molar-refractivity contribution in [3.63, 3.8) is 0 Å². The van der Waals surface area contributed by atoms with Crippen molar-refractivity contribution >= 4 is 17.2 Å². The molecule has 0 saturated heterocycles. The molecule has 1 aliphatic rings. The van der Waals surface area contributed by atoms with Crippen molar-refractivity contribution in [1.29, 1.82) is 0 Å². The molecule has 0 unspecified atom stereocenters. The first-order valence-electron chi connectivity index (χ1n) is 8.50. The summed E-state index contributed by atoms with van der Waals surface area (Å²) in [6, 6.07) is 12.4. The Kier molecular flexibility index (Phi) is 5.00. The molecule has 130 valence electrons. The van der Waals surface area contributed by atoms with E-state index in [0.29, 0.717) is 11.3 Å². The van der Waals surface area contributed by atoms with Crippen LogP contribution in [0.25, 0.3) is 5.57 Å². The average molecular weight is 338 g/mol. The van der Waals surface area contributed by atoms with Crippen molar-refractivity contribution < 1.29 is 9.18 Å². The van der Waals surface area contributed by atoms with Crippen LogP contribution in [0.5, 0.6) is 0 Å². The molecule has 3 nitrogen and oxygen atoms in total. The lowest BCUT2D eigenvalue weighted by Crippen LogP contribution is -2.26. The fraction of sp³-hybridized carbons (Fsp3) is 0.286. The molecule has 1 aliphatic heterocycles. The summed E-state index contributed by atoms with van der Waals surface area (Å²) < 4.78 is 13.9. The molecule has 0 saturated carbocycles. The van der Waals surface area contributed by atoms with Gasteiger partial charge in [-0.1, -0.05) is 29.8 Å². The Morgan fingerprint density at radius 3 is 2.52 bits per heavy atom. The molecule has 0 atom stereocenters. The Bertz CT molecular complexity index is 804. The number of carbonyl (C=O) groups is 1. The van der Waals surface area contributed by atoms with Gasteiger partial charge in [0.15, 0.2) is 0 Å². The van der Waals surface area contributed by atoms with Crippen LogP contribution in [-0.4, -0.2) is 30.9 Å². The molecule has 0 bridgehead atoms. The first-order valence-corrected chi connectivity index (χ1v) is 8.50. The van der Waals surface area contributed by atoms with Crippen molar-refractivity contribution in [2.45, 2.75) is 20.3 Å². The molecular formula is C21H23FN2O. The van der Waals surface area contributed by atoms with E-state index in [0.717, 1.165) is 19.5 Å². The zero-order chi connectivity index (χ0) is 18.0. The highest BCUT2D eigenvalue weighted by atomic mass is 19.1. The van der Waals surface area contributed by atoms with E-state index in [2.05, 4.69) is 24.2 Å². The number of anilines is 1. The second-order valence-corrected chi connectivity index (χ2v) is 6.71. The van der Waals surface area contributed by atoms with Gasteiger partial charge in [-0.15, -0.1) is 0 Å². The fourth-order valence-electron chi connectivity index (χ4n) is 3.20. The minimum absolute atomic E-state index is 0.0963. The molecule has 2 aromatic carbocycles. The standard InChI is InChI=1S/C21H23FN2O/c1-14-11-12-24(3)13-18(14)16-7-9-17(10-8-16)23-21(25)20-15(2)5-4-6-19(20)22/h4-10H,11-13H2,1-3H3,(H,23,25). The van der Waals surface area contributed by atoms with Crippen molar-refractivity contribution in [1.82, 2.24) is 4.90 Å². The summed E-state index contributed by atoms with van der Waals surface area (Å²) in [4.78, 5) is 14.7. The van der Waals surface area contributed by atoms with Crippen LogP contribution in [0.15, 0.2) is 48.0 Å². The lowest BCUT2D eigenvalue weighted by molar-refractivity contribution is 0.102. The smallest absolute Gasteiger partial charge is 0.258 e. The van der Waals surface area contributed by atoms with E-state index in [-0.39, 0.29) is 5.56 Å². The van der Waals surface area contributed by atoms with Gasteiger partial charge in [0.25, 0.3) is 5.91 Å². The summed E-state index contributed by atoms with van der Waals surface area (Å²) in [5.41, 5.74) is 5.32. The topological polar surface area (TPSA) is 32.3 Å². The maximum absolute atomic E-state index is 13.9. The highest BCUT2D eigenvalue weighted by Gasteiger charge is 2.16. The predicted molar refractivity (Wildman–Crippen MR) is 100 cm³/mol. The number of amides is 1. The molecule has 4 heteroatoms. The van der Waals surface area contributed by atoms with Crippen molar-refractivity contribution in [2.24, 2.45) is 0 Å². The molecule has 0 aromatic heterocycles. The van der Waals surface area contributed by atoms with Crippen LogP contribution in [-0.2, 0) is 0 Å². The molecule has 3 rings (SSSR count). The summed E-state index contributed by atoms with van der Waals surface area (Å²) in [6.45, 7) is 5.94. The normalized spacial score (nSPS) is 15.4. The quantitative estimate of drug-likeness (QED) is 0.894. The first kappa shape index (κ1) is 17.4. The van der Waals surface area contributed by atoms with Crippen molar-refractivity contribution in [3.05, 3.63) is 70.5 Å². The largest absolute Gasteiger partial charge is 0.322 e. The van der Waals surface area contributed by atoms with Gasteiger partial charge in [0, 0.05) is 18.8 Å². The number of halogens is 1. The highest BCUT2D eigenvalue weighted by molar-refractivity contribution is 6.05. The molecule has 0 aliphatic carbocycles. The van der Waals surface area contributed by atoms with Gasteiger partial charge in [-0.25, -0.2) is 4.39 Å². The van der Waals surface area contributed by atoms with Crippen LogP contribution >= 0.6 is 0 Å². The molecule has 0 fully saturated rings. The maximum Gasteiger partial charge on any atom is 0.258 e. The second-order valence-electron chi connectivity index (χ2n) is 6.71. The van der Waals surface area contributed by atoms with E-state index in [1.165, 1.54) is 22.8 Å². The Hall–Kier alpha value is -2.46. The molecule has 0 spiro atoms. The van der Waals surface area contributed by atoms with Gasteiger partial charge in [0.05, 0.1) is 5.56 Å². The zero-order valence-corrected chi connectivity index (χ0v) is 14.9. The Labute approximate surface area is 148 Å². The molecule has 1 heterocycles. The van der Waals surface area contributed by atoms with E-state index < -0.39 is 11.7 Å². The zero-order valence-electron chi connectivity index (χ0n) is 14.9. The van der Waals surface area contributed by atoms with Gasteiger partial charge in [0.1, 0.15) is 5.82 Å².